The van der Waals surface area contributed by atoms with Crippen molar-refractivity contribution in [2.45, 2.75) is 13.0 Å². The Morgan fingerprint density at radius 3 is 2.79 bits per heavy atom. The van der Waals surface area contributed by atoms with E-state index in [-0.39, 0.29) is 6.10 Å². The van der Waals surface area contributed by atoms with Crippen LogP contribution >= 0.6 is 0 Å². The minimum absolute atomic E-state index is 0.190. The average molecular weight is 195 g/mol. The van der Waals surface area contributed by atoms with Gasteiger partial charge in [-0.05, 0) is 19.1 Å². The van der Waals surface area contributed by atoms with Crippen LogP contribution in [-0.2, 0) is 4.74 Å². The van der Waals surface area contributed by atoms with Gasteiger partial charge in [-0.1, -0.05) is 6.07 Å². The van der Waals surface area contributed by atoms with Crippen molar-refractivity contribution in [3.05, 3.63) is 18.2 Å². The van der Waals surface area contributed by atoms with Crippen LogP contribution in [0, 0.1) is 0 Å². The molecule has 4 nitrogen and oxygen atoms in total. The third-order valence-electron chi connectivity index (χ3n) is 1.98. The molecular weight excluding hydrogens is 178 g/mol. The highest BCUT2D eigenvalue weighted by Gasteiger charge is 1.99. The molecule has 0 fully saturated rings. The molecule has 0 aromatic carbocycles. The van der Waals surface area contributed by atoms with Gasteiger partial charge in [0.1, 0.15) is 11.6 Å². The van der Waals surface area contributed by atoms with Crippen LogP contribution in [0.25, 0.3) is 0 Å². The number of ether oxygens (including phenoxy) is 1. The van der Waals surface area contributed by atoms with Gasteiger partial charge in [0.2, 0.25) is 0 Å². The second-order valence-corrected chi connectivity index (χ2v) is 3.09. The number of rotatable bonds is 5. The van der Waals surface area contributed by atoms with E-state index in [4.69, 9.17) is 4.74 Å². The zero-order valence-corrected chi connectivity index (χ0v) is 8.87. The number of anilines is 2. The highest BCUT2D eigenvalue weighted by Crippen LogP contribution is 2.08. The van der Waals surface area contributed by atoms with Crippen LogP contribution in [0.5, 0.6) is 0 Å². The summed E-state index contributed by atoms with van der Waals surface area (Å²) >= 11 is 0. The van der Waals surface area contributed by atoms with Crippen molar-refractivity contribution in [3.63, 3.8) is 0 Å². The molecular formula is C10H17N3O. The number of nitrogens with one attached hydrogen (secondary N) is 2. The second kappa shape index (κ2) is 5.44. The fourth-order valence-corrected chi connectivity index (χ4v) is 1.00. The maximum atomic E-state index is 5.12. The van der Waals surface area contributed by atoms with Crippen LogP contribution in [0.15, 0.2) is 18.2 Å². The second-order valence-electron chi connectivity index (χ2n) is 3.09. The van der Waals surface area contributed by atoms with E-state index in [0.29, 0.717) is 0 Å². The maximum Gasteiger partial charge on any atom is 0.128 e. The van der Waals surface area contributed by atoms with E-state index < -0.39 is 0 Å². The molecule has 0 aliphatic rings. The molecule has 0 bridgehead atoms. The summed E-state index contributed by atoms with van der Waals surface area (Å²) in [6.07, 6.45) is 0.190. The smallest absolute Gasteiger partial charge is 0.128 e. The van der Waals surface area contributed by atoms with Crippen molar-refractivity contribution >= 4 is 11.6 Å². The van der Waals surface area contributed by atoms with Crippen LogP contribution in [0.2, 0.25) is 0 Å². The minimum atomic E-state index is 0.190. The van der Waals surface area contributed by atoms with Crippen molar-refractivity contribution in [3.8, 4) is 0 Å². The van der Waals surface area contributed by atoms with E-state index in [1.807, 2.05) is 32.2 Å². The molecule has 0 radical (unpaired) electrons. The van der Waals surface area contributed by atoms with Crippen molar-refractivity contribution in [2.75, 3.05) is 31.3 Å². The number of aromatic nitrogens is 1. The Labute approximate surface area is 84.7 Å². The van der Waals surface area contributed by atoms with E-state index in [1.54, 1.807) is 7.11 Å². The Morgan fingerprint density at radius 1 is 1.43 bits per heavy atom. The molecule has 0 amide bonds. The number of pyridine rings is 1. The molecule has 1 aromatic rings. The lowest BCUT2D eigenvalue weighted by atomic mass is 10.4. The van der Waals surface area contributed by atoms with Crippen LogP contribution in [0.4, 0.5) is 11.6 Å². The maximum absolute atomic E-state index is 5.12. The van der Waals surface area contributed by atoms with Crippen molar-refractivity contribution < 1.29 is 4.74 Å². The van der Waals surface area contributed by atoms with Gasteiger partial charge >= 0.3 is 0 Å². The van der Waals surface area contributed by atoms with E-state index in [1.165, 1.54) is 0 Å². The first-order valence-corrected chi connectivity index (χ1v) is 4.67. The Bertz CT molecular complexity index is 278. The first-order chi connectivity index (χ1) is 6.76. The molecule has 1 aromatic heterocycles. The molecule has 4 heteroatoms. The predicted molar refractivity (Wildman–Crippen MR) is 58.7 cm³/mol. The monoisotopic (exact) mass is 195 g/mol. The Hall–Kier alpha value is -1.29. The van der Waals surface area contributed by atoms with Gasteiger partial charge in [0.25, 0.3) is 0 Å². The Morgan fingerprint density at radius 2 is 2.14 bits per heavy atom. The van der Waals surface area contributed by atoms with Crippen LogP contribution < -0.4 is 10.6 Å². The van der Waals surface area contributed by atoms with Gasteiger partial charge in [0.15, 0.2) is 0 Å². The Kier molecular flexibility index (Phi) is 4.19. The average Bonchev–Trinajstić information content (AvgIpc) is 2.26. The molecule has 14 heavy (non-hydrogen) atoms. The van der Waals surface area contributed by atoms with Gasteiger partial charge in [-0.3, -0.25) is 0 Å². The lowest BCUT2D eigenvalue weighted by Crippen LogP contribution is -2.18. The number of hydrogen-bond donors (Lipinski definition) is 2. The summed E-state index contributed by atoms with van der Waals surface area (Å²) in [4.78, 5) is 4.32. The van der Waals surface area contributed by atoms with Crippen LogP contribution in [-0.4, -0.2) is 31.8 Å². The lowest BCUT2D eigenvalue weighted by molar-refractivity contribution is 0.128. The summed E-state index contributed by atoms with van der Waals surface area (Å²) in [5.74, 6) is 1.72. The topological polar surface area (TPSA) is 46.2 Å². The van der Waals surface area contributed by atoms with E-state index >= 15 is 0 Å². The summed E-state index contributed by atoms with van der Waals surface area (Å²) in [5, 5.41) is 6.18. The Balaban J connectivity index is 2.50. The number of methoxy groups -OCH3 is 1. The summed E-state index contributed by atoms with van der Waals surface area (Å²) < 4.78 is 5.12. The van der Waals surface area contributed by atoms with Crippen molar-refractivity contribution in [1.82, 2.24) is 4.98 Å². The predicted octanol–water partition coefficient (Wildman–Crippen LogP) is 1.57. The fourth-order valence-electron chi connectivity index (χ4n) is 1.00. The first-order valence-electron chi connectivity index (χ1n) is 4.67. The van der Waals surface area contributed by atoms with E-state index in [2.05, 4.69) is 15.6 Å². The summed E-state index contributed by atoms with van der Waals surface area (Å²) in [7, 11) is 3.55. The molecule has 0 aliphatic heterocycles. The SMILES string of the molecule is CNc1cccc(NCC(C)OC)n1. The molecule has 2 N–H and O–H groups in total. The van der Waals surface area contributed by atoms with Crippen molar-refractivity contribution in [1.29, 1.82) is 0 Å². The summed E-state index contributed by atoms with van der Waals surface area (Å²) in [6, 6.07) is 5.81. The standard InChI is InChI=1S/C10H17N3O/c1-8(14-3)7-12-10-6-4-5-9(11-2)13-10/h4-6,8H,7H2,1-3H3,(H2,11,12,13). The summed E-state index contributed by atoms with van der Waals surface area (Å²) in [5.41, 5.74) is 0. The van der Waals surface area contributed by atoms with Crippen LogP contribution in [0.3, 0.4) is 0 Å². The van der Waals surface area contributed by atoms with Gasteiger partial charge in [-0.15, -0.1) is 0 Å². The molecule has 0 spiro atoms. The molecule has 1 heterocycles. The van der Waals surface area contributed by atoms with Gasteiger partial charge in [0.05, 0.1) is 6.10 Å². The van der Waals surface area contributed by atoms with Crippen LogP contribution in [0.1, 0.15) is 6.92 Å². The fraction of sp³-hybridized carbons (Fsp3) is 0.500. The number of nitrogens with zero attached hydrogens (tertiary/aromatic N) is 1. The number of hydrogen-bond acceptors (Lipinski definition) is 4. The quantitative estimate of drug-likeness (QED) is 0.748. The largest absolute Gasteiger partial charge is 0.380 e. The lowest BCUT2D eigenvalue weighted by Gasteiger charge is -2.11. The first kappa shape index (κ1) is 10.8. The van der Waals surface area contributed by atoms with Gasteiger partial charge in [-0.25, -0.2) is 4.98 Å². The van der Waals surface area contributed by atoms with Gasteiger partial charge in [0, 0.05) is 20.7 Å². The molecule has 1 atom stereocenters. The third-order valence-corrected chi connectivity index (χ3v) is 1.98. The molecule has 1 unspecified atom stereocenters. The van der Waals surface area contributed by atoms with Gasteiger partial charge < -0.3 is 15.4 Å². The molecule has 0 saturated heterocycles. The molecule has 78 valence electrons. The molecule has 1 rings (SSSR count). The summed E-state index contributed by atoms with van der Waals surface area (Å²) in [6.45, 7) is 2.77. The normalized spacial score (nSPS) is 12.2. The minimum Gasteiger partial charge on any atom is -0.380 e. The van der Waals surface area contributed by atoms with Crippen molar-refractivity contribution in [2.24, 2.45) is 0 Å². The zero-order valence-electron chi connectivity index (χ0n) is 8.87. The van der Waals surface area contributed by atoms with E-state index in [9.17, 15) is 0 Å². The van der Waals surface area contributed by atoms with Gasteiger partial charge in [-0.2, -0.15) is 0 Å². The molecule has 0 saturated carbocycles. The highest BCUT2D eigenvalue weighted by molar-refractivity contribution is 5.44. The third kappa shape index (κ3) is 3.22. The van der Waals surface area contributed by atoms with E-state index in [0.717, 1.165) is 18.2 Å². The molecule has 0 aliphatic carbocycles. The zero-order chi connectivity index (χ0) is 10.4. The highest BCUT2D eigenvalue weighted by atomic mass is 16.5.